The number of fused-ring (bicyclic) bond motifs is 3. The zero-order chi connectivity index (χ0) is 45.6. The fourth-order valence-electron chi connectivity index (χ4n) is 9.67. The van der Waals surface area contributed by atoms with E-state index in [4.69, 9.17) is 4.74 Å². The summed E-state index contributed by atoms with van der Waals surface area (Å²) >= 11 is 0. The smallest absolute Gasteiger partial charge is 0.262 e. The van der Waals surface area contributed by atoms with E-state index in [0.717, 1.165) is 86.1 Å². The number of aryl methyl sites for hydroxylation is 1. The quantitative estimate of drug-likeness (QED) is 0.126. The summed E-state index contributed by atoms with van der Waals surface area (Å²) in [7, 11) is -3.70. The number of piperazine rings is 1. The van der Waals surface area contributed by atoms with Crippen LogP contribution in [-0.4, -0.2) is 126 Å². The Kier molecular flexibility index (Phi) is 12.1. The standard InChI is InChI=1S/C47H56N10O7S/c1-29-25-48-46(52-42(29)49-32-6-5-7-37(22-32)65(62,63)53-47(2,3)4)50-31-8-11-36(12-9-31)64-21-20-54-18-16-30(17-19-54)26-55-27-34-23-35(28-55)56(34)33-10-13-38-39(24-33)45(61)57(44(38)60)40-14-15-41(58)51-43(40)59/h5-13,22,24-25,30,34-35,40,53H,14-21,23,26-28H2,1-4H3,(H,51,58,59)(H2,48,49,50,52). The second-order valence-electron chi connectivity index (χ2n) is 18.9. The molecular formula is C47H56N10O7S. The van der Waals surface area contributed by atoms with Gasteiger partial charge < -0.3 is 20.3 Å². The number of ether oxygens (including phenoxy) is 1. The summed E-state index contributed by atoms with van der Waals surface area (Å²) in [4.78, 5) is 68.5. The van der Waals surface area contributed by atoms with Crippen LogP contribution in [0.1, 0.15) is 79.2 Å². The molecular weight excluding hydrogens is 849 g/mol. The van der Waals surface area contributed by atoms with Crippen LogP contribution in [0.4, 0.5) is 28.8 Å². The summed E-state index contributed by atoms with van der Waals surface area (Å²) in [6, 6.07) is 19.5. The first kappa shape index (κ1) is 44.3. The van der Waals surface area contributed by atoms with E-state index in [-0.39, 0.29) is 23.6 Å². The summed E-state index contributed by atoms with van der Waals surface area (Å²) in [5.41, 5.74) is 3.15. The van der Waals surface area contributed by atoms with Gasteiger partial charge in [0, 0.05) is 79.0 Å². The zero-order valence-corrected chi connectivity index (χ0v) is 38.0. The Hall–Kier alpha value is -5.95. The van der Waals surface area contributed by atoms with Crippen LogP contribution in [0.2, 0.25) is 0 Å². The number of hydrogen-bond acceptors (Lipinski definition) is 14. The number of sulfonamides is 1. The van der Waals surface area contributed by atoms with Crippen LogP contribution in [0.5, 0.6) is 5.75 Å². The third-order valence-electron chi connectivity index (χ3n) is 12.8. The van der Waals surface area contributed by atoms with Crippen molar-refractivity contribution in [2.45, 2.75) is 88.4 Å². The second-order valence-corrected chi connectivity index (χ2v) is 20.5. The lowest BCUT2D eigenvalue weighted by Gasteiger charge is -2.58. The number of nitrogens with one attached hydrogen (secondary N) is 4. The molecule has 65 heavy (non-hydrogen) atoms. The predicted octanol–water partition coefficient (Wildman–Crippen LogP) is 4.80. The highest BCUT2D eigenvalue weighted by atomic mass is 32.2. The van der Waals surface area contributed by atoms with Gasteiger partial charge in [-0.1, -0.05) is 6.07 Å². The van der Waals surface area contributed by atoms with Crippen LogP contribution >= 0.6 is 0 Å². The van der Waals surface area contributed by atoms with Gasteiger partial charge in [-0.3, -0.25) is 39.2 Å². The maximum Gasteiger partial charge on any atom is 0.262 e. The Morgan fingerprint density at radius 1 is 0.846 bits per heavy atom. The molecule has 7 heterocycles. The Bertz CT molecular complexity index is 2600. The molecule has 2 bridgehead atoms. The zero-order valence-electron chi connectivity index (χ0n) is 37.2. The van der Waals surface area contributed by atoms with Crippen molar-refractivity contribution in [2.24, 2.45) is 5.92 Å². The van der Waals surface area contributed by atoms with Crippen molar-refractivity contribution < 1.29 is 32.3 Å². The first-order chi connectivity index (χ1) is 31.1. The molecule has 4 aromatic rings. The number of benzene rings is 3. The molecule has 3 aromatic carbocycles. The van der Waals surface area contributed by atoms with E-state index < -0.39 is 39.3 Å². The molecule has 4 N–H and O–H groups in total. The van der Waals surface area contributed by atoms with Gasteiger partial charge in [-0.05, 0) is 133 Å². The van der Waals surface area contributed by atoms with E-state index in [0.29, 0.717) is 53.2 Å². The van der Waals surface area contributed by atoms with Gasteiger partial charge >= 0.3 is 0 Å². The molecule has 6 aliphatic heterocycles. The molecule has 1 aromatic heterocycles. The maximum atomic E-state index is 13.4. The molecule has 3 unspecified atom stereocenters. The highest BCUT2D eigenvalue weighted by molar-refractivity contribution is 7.89. The van der Waals surface area contributed by atoms with Gasteiger partial charge in [0.05, 0.1) is 16.0 Å². The summed E-state index contributed by atoms with van der Waals surface area (Å²) in [5.74, 6) is 0.420. The number of carbonyl (C=O) groups excluding carboxylic acids is 4. The molecule has 342 valence electrons. The van der Waals surface area contributed by atoms with Crippen LogP contribution in [-0.2, 0) is 19.6 Å². The molecule has 4 amide bonds. The third kappa shape index (κ3) is 9.71. The second kappa shape index (κ2) is 17.8. The van der Waals surface area contributed by atoms with Crippen molar-refractivity contribution in [3.05, 3.63) is 89.6 Å². The Balaban J connectivity index is 0.698. The average Bonchev–Trinajstić information content (AvgIpc) is 3.50. The van der Waals surface area contributed by atoms with Gasteiger partial charge in [0.25, 0.3) is 11.8 Å². The van der Waals surface area contributed by atoms with E-state index in [1.165, 1.54) is 0 Å². The summed E-state index contributed by atoms with van der Waals surface area (Å²) in [6.45, 7) is 13.8. The highest BCUT2D eigenvalue weighted by Crippen LogP contribution is 2.40. The number of anilines is 5. The Labute approximate surface area is 379 Å². The molecule has 0 aliphatic carbocycles. The van der Waals surface area contributed by atoms with E-state index in [1.54, 1.807) is 57.3 Å². The fourth-order valence-corrected chi connectivity index (χ4v) is 11.1. The normalized spacial score (nSPS) is 21.8. The van der Waals surface area contributed by atoms with Gasteiger partial charge in [0.2, 0.25) is 27.8 Å². The molecule has 0 radical (unpaired) electrons. The number of imide groups is 2. The number of rotatable bonds is 14. The number of likely N-dealkylation sites (tertiary alicyclic amines) is 1. The Morgan fingerprint density at radius 2 is 1.58 bits per heavy atom. The summed E-state index contributed by atoms with van der Waals surface area (Å²) in [5, 5.41) is 8.74. The van der Waals surface area contributed by atoms with E-state index in [2.05, 4.69) is 45.3 Å². The lowest BCUT2D eigenvalue weighted by molar-refractivity contribution is -0.136. The minimum absolute atomic E-state index is 0.0953. The van der Waals surface area contributed by atoms with Crippen LogP contribution < -0.4 is 30.3 Å². The molecule has 5 fully saturated rings. The predicted molar refractivity (Wildman–Crippen MR) is 245 cm³/mol. The number of nitrogens with zero attached hydrogens (tertiary/aromatic N) is 6. The van der Waals surface area contributed by atoms with Crippen molar-refractivity contribution in [3.8, 4) is 5.75 Å². The number of amides is 4. The molecule has 10 rings (SSSR count). The van der Waals surface area contributed by atoms with Crippen LogP contribution in [0, 0.1) is 12.8 Å². The number of hydrogen-bond donors (Lipinski definition) is 4. The van der Waals surface area contributed by atoms with Crippen LogP contribution in [0.15, 0.2) is 77.8 Å². The van der Waals surface area contributed by atoms with E-state index in [9.17, 15) is 27.6 Å². The van der Waals surface area contributed by atoms with Crippen molar-refractivity contribution in [3.63, 3.8) is 0 Å². The van der Waals surface area contributed by atoms with Crippen molar-refractivity contribution in [1.29, 1.82) is 0 Å². The van der Waals surface area contributed by atoms with Gasteiger partial charge in [0.15, 0.2) is 0 Å². The largest absolute Gasteiger partial charge is 0.492 e. The number of carbonyl (C=O) groups is 4. The fraction of sp³-hybridized carbons (Fsp3) is 0.447. The topological polar surface area (TPSA) is 199 Å². The summed E-state index contributed by atoms with van der Waals surface area (Å²) < 4.78 is 34.6. The van der Waals surface area contributed by atoms with Crippen LogP contribution in [0.25, 0.3) is 0 Å². The lowest BCUT2D eigenvalue weighted by atomic mass is 9.85. The molecule has 6 aliphatic rings. The van der Waals surface area contributed by atoms with Gasteiger partial charge in [-0.25, -0.2) is 18.1 Å². The lowest BCUT2D eigenvalue weighted by Crippen LogP contribution is -2.69. The Morgan fingerprint density at radius 3 is 2.31 bits per heavy atom. The minimum atomic E-state index is -3.70. The van der Waals surface area contributed by atoms with Gasteiger partial charge in [0.1, 0.15) is 24.2 Å². The average molecular weight is 905 g/mol. The van der Waals surface area contributed by atoms with E-state index >= 15 is 0 Å². The van der Waals surface area contributed by atoms with Crippen molar-refractivity contribution in [2.75, 3.05) is 61.4 Å². The molecule has 0 spiro atoms. The molecule has 0 saturated carbocycles. The third-order valence-corrected chi connectivity index (χ3v) is 14.6. The summed E-state index contributed by atoms with van der Waals surface area (Å²) in [6.07, 6.45) is 5.33. The van der Waals surface area contributed by atoms with Crippen molar-refractivity contribution >= 4 is 62.5 Å². The SMILES string of the molecule is Cc1cnc(Nc2ccc(OCCN3CCC(CN4CC5CC(C4)N5c4ccc5c(c4)C(=O)N(C4CCC(=O)NC4=O)C5=O)CC3)cc2)nc1Nc1cccc(S(=O)(=O)NC(C)(C)C)c1. The molecule has 18 heteroatoms. The van der Waals surface area contributed by atoms with Crippen molar-refractivity contribution in [1.82, 2.24) is 34.7 Å². The monoisotopic (exact) mass is 904 g/mol. The minimum Gasteiger partial charge on any atom is -0.492 e. The first-order valence-corrected chi connectivity index (χ1v) is 23.9. The maximum absolute atomic E-state index is 13.4. The highest BCUT2D eigenvalue weighted by Gasteiger charge is 2.48. The van der Waals surface area contributed by atoms with E-state index in [1.807, 2.05) is 43.3 Å². The van der Waals surface area contributed by atoms with Gasteiger partial charge in [-0.2, -0.15) is 4.98 Å². The first-order valence-electron chi connectivity index (χ1n) is 22.4. The molecule has 17 nitrogen and oxygen atoms in total. The van der Waals surface area contributed by atoms with Crippen LogP contribution in [0.3, 0.4) is 0 Å². The number of piperidine rings is 3. The molecule has 5 saturated heterocycles. The number of aromatic nitrogens is 2. The van der Waals surface area contributed by atoms with Gasteiger partial charge in [-0.15, -0.1) is 0 Å². The molecule has 3 atom stereocenters.